The van der Waals surface area contributed by atoms with Crippen molar-refractivity contribution in [3.05, 3.63) is 309 Å². The van der Waals surface area contributed by atoms with Gasteiger partial charge in [0.1, 0.15) is 112 Å². The van der Waals surface area contributed by atoms with Crippen LogP contribution in [-0.2, 0) is 50.6 Å². The van der Waals surface area contributed by atoms with Crippen LogP contribution < -0.4 is 0 Å². The second-order valence-corrected chi connectivity index (χ2v) is 36.5. The second kappa shape index (κ2) is 39.4. The van der Waals surface area contributed by atoms with Crippen LogP contribution in [0.1, 0.15) is 78.2 Å². The zero-order chi connectivity index (χ0) is 92.2. The van der Waals surface area contributed by atoms with Crippen LogP contribution in [0.4, 0.5) is 35.1 Å². The third kappa shape index (κ3) is 22.5. The number of hydrogen-bond acceptors (Lipinski definition) is 20. The number of aliphatic hydroxyl groups is 4. The fraction of sp³-hybridized carbons (Fsp3) is 0.174. The molecular formula is C92H76Cl4F8N16O4S4. The van der Waals surface area contributed by atoms with Gasteiger partial charge in [-0.3, -0.25) is 19.9 Å². The molecule has 16 aromatic rings. The van der Waals surface area contributed by atoms with E-state index < -0.39 is 63.3 Å². The van der Waals surface area contributed by atoms with Gasteiger partial charge in [-0.05, 0) is 243 Å². The Kier molecular flexibility index (Phi) is 29.0. The van der Waals surface area contributed by atoms with Gasteiger partial charge in [0.2, 0.25) is 5.95 Å². The second-order valence-electron chi connectivity index (χ2n) is 30.7. The molecule has 20 nitrogen and oxygen atoms in total. The van der Waals surface area contributed by atoms with E-state index in [0.29, 0.717) is 125 Å². The summed E-state index contributed by atoms with van der Waals surface area (Å²) >= 11 is 28.8. The third-order valence-electron chi connectivity index (χ3n) is 19.1. The predicted molar refractivity (Wildman–Crippen MR) is 482 cm³/mol. The van der Waals surface area contributed by atoms with E-state index in [4.69, 9.17) is 61.4 Å². The minimum atomic E-state index is -1.24. The maximum absolute atomic E-state index is 14.5. The van der Waals surface area contributed by atoms with Crippen molar-refractivity contribution in [3.63, 3.8) is 0 Å². The molecule has 656 valence electrons. The highest BCUT2D eigenvalue weighted by molar-refractivity contribution is 8.00. The van der Waals surface area contributed by atoms with E-state index in [-0.39, 0.29) is 22.4 Å². The third-order valence-corrected chi connectivity index (χ3v) is 24.7. The van der Waals surface area contributed by atoms with Crippen LogP contribution >= 0.6 is 93.5 Å². The number of rotatable bonds is 20. The minimum absolute atomic E-state index is 0.113. The molecule has 0 aliphatic carbocycles. The quantitative estimate of drug-likeness (QED) is 0.0314. The molecule has 4 N–H and O–H groups in total. The number of benzene rings is 5. The zero-order valence-corrected chi connectivity index (χ0v) is 76.2. The average Bonchev–Trinajstić information content (AvgIpc) is 1.65. The van der Waals surface area contributed by atoms with Crippen LogP contribution in [-0.4, -0.2) is 98.5 Å². The molecular weight excluding hydrogens is 1820 g/mol. The number of imidazole rings is 4. The van der Waals surface area contributed by atoms with Crippen LogP contribution in [0.2, 0.25) is 20.1 Å². The summed E-state index contributed by atoms with van der Waals surface area (Å²) in [6.07, 6.45) is 10.7. The van der Waals surface area contributed by atoms with Gasteiger partial charge in [-0.1, -0.05) is 81.7 Å². The standard InChI is InChI=1S/2C24H20ClF2N3OS.C23H18ClF3N4OS.C21H18ClFN6OS/c1-24(2,31)20-11-5-15(13-28-20)21-23(32-17-8-6-16(25)7-9-17)30(3)22(29-21)14-4-10-18(26)19(27)12-14;1-24(2,31)20-11-6-15(13-28-20)21-23(32-19-10-7-16(25)12-18(19)27)30(3)22(29-21)14-4-8-17(26)9-5-14;1-23(2,32)18-9-4-12(11-28-18)19-22(33-17-8-5-13(24)10-15(17)26)31(3)21(30-19)16-7-6-14(25)20(27)29-16;1-21(2,30)16-7-4-12(8-25-16)17-19(31-20-26-9-13(22)10-27-20)29(3)18(28-17)15-6-5-14(23)11-24-15/h2*4-13,31H,1-3H3;4-11,32H,1-3H3;4-11,30H,1-3H3. The summed E-state index contributed by atoms with van der Waals surface area (Å²) in [6.45, 7) is 13.2. The van der Waals surface area contributed by atoms with Gasteiger partial charge in [0.15, 0.2) is 34.3 Å². The van der Waals surface area contributed by atoms with Crippen LogP contribution in [0.3, 0.4) is 0 Å². The largest absolute Gasteiger partial charge is 0.384 e. The highest BCUT2D eigenvalue weighted by Gasteiger charge is 2.30. The molecule has 0 radical (unpaired) electrons. The Morgan fingerprint density at radius 1 is 0.281 bits per heavy atom. The normalized spacial score (nSPS) is 11.7. The molecule has 0 amide bonds. The molecule has 36 heteroatoms. The Labute approximate surface area is 767 Å². The van der Waals surface area contributed by atoms with Crippen molar-refractivity contribution in [2.45, 2.75) is 118 Å². The van der Waals surface area contributed by atoms with Gasteiger partial charge in [0, 0.05) is 116 Å². The first-order valence-electron chi connectivity index (χ1n) is 38.6. The Morgan fingerprint density at radius 2 is 0.641 bits per heavy atom. The van der Waals surface area contributed by atoms with Crippen molar-refractivity contribution >= 4 is 93.5 Å². The van der Waals surface area contributed by atoms with Gasteiger partial charge < -0.3 is 38.7 Å². The fourth-order valence-electron chi connectivity index (χ4n) is 12.4. The number of halogens is 12. The van der Waals surface area contributed by atoms with Crippen molar-refractivity contribution in [2.24, 2.45) is 28.2 Å². The molecule has 5 aromatic carbocycles. The van der Waals surface area contributed by atoms with Crippen LogP contribution in [0, 0.1) is 46.7 Å². The smallest absolute Gasteiger partial charge is 0.249 e. The van der Waals surface area contributed by atoms with E-state index >= 15 is 0 Å². The van der Waals surface area contributed by atoms with Gasteiger partial charge in [0.05, 0.1) is 46.4 Å². The van der Waals surface area contributed by atoms with Crippen molar-refractivity contribution in [3.8, 4) is 90.8 Å². The highest BCUT2D eigenvalue weighted by Crippen LogP contribution is 2.45. The average molecular weight is 1890 g/mol. The fourth-order valence-corrected chi connectivity index (χ4v) is 16.7. The summed E-state index contributed by atoms with van der Waals surface area (Å²) in [5, 5.41) is 45.7. The van der Waals surface area contributed by atoms with Gasteiger partial charge in [-0.2, -0.15) is 4.39 Å². The van der Waals surface area contributed by atoms with E-state index in [1.165, 1.54) is 90.1 Å². The first kappa shape index (κ1) is 94.4. The molecule has 11 aromatic heterocycles. The summed E-state index contributed by atoms with van der Waals surface area (Å²) in [5.41, 5.74) is 4.63. The first-order valence-corrected chi connectivity index (χ1v) is 43.4. The molecule has 0 aliphatic heterocycles. The van der Waals surface area contributed by atoms with E-state index in [9.17, 15) is 55.5 Å². The summed E-state index contributed by atoms with van der Waals surface area (Å²) in [6, 6.07) is 45.3. The lowest BCUT2D eigenvalue weighted by molar-refractivity contribution is 0.0733. The molecule has 0 saturated carbocycles. The Hall–Kier alpha value is -11.2. The zero-order valence-electron chi connectivity index (χ0n) is 69.9. The Balaban J connectivity index is 0.000000146. The van der Waals surface area contributed by atoms with Gasteiger partial charge in [-0.25, -0.2) is 70.6 Å². The van der Waals surface area contributed by atoms with Crippen LogP contribution in [0.15, 0.2) is 259 Å². The molecule has 0 spiro atoms. The molecule has 11 heterocycles. The van der Waals surface area contributed by atoms with Gasteiger partial charge >= 0.3 is 0 Å². The topological polar surface area (TPSA) is 255 Å². The summed E-state index contributed by atoms with van der Waals surface area (Å²) in [7, 11) is 7.16. The highest BCUT2D eigenvalue weighted by atomic mass is 35.5. The molecule has 16 rings (SSSR count). The first-order chi connectivity index (χ1) is 60.5. The summed E-state index contributed by atoms with van der Waals surface area (Å²) in [4.78, 5) is 54.3. The van der Waals surface area contributed by atoms with Crippen molar-refractivity contribution in [2.75, 3.05) is 0 Å². The lowest BCUT2D eigenvalue weighted by atomic mass is 10.0. The molecule has 0 aliphatic rings. The number of pyridine rings is 6. The Morgan fingerprint density at radius 3 is 1.03 bits per heavy atom. The van der Waals surface area contributed by atoms with E-state index in [1.807, 2.05) is 65.2 Å². The number of hydrogen-bond donors (Lipinski definition) is 4. The molecule has 0 atom stereocenters. The van der Waals surface area contributed by atoms with E-state index in [1.54, 1.807) is 177 Å². The summed E-state index contributed by atoms with van der Waals surface area (Å²) in [5.74, 6) is -3.97. The molecule has 128 heavy (non-hydrogen) atoms. The summed E-state index contributed by atoms with van der Waals surface area (Å²) < 4.78 is 118. The molecule has 0 unspecified atom stereocenters. The lowest BCUT2D eigenvalue weighted by Gasteiger charge is -2.16. The maximum Gasteiger partial charge on any atom is 0.249 e. The molecule has 0 bridgehead atoms. The van der Waals surface area contributed by atoms with Crippen LogP contribution in [0.5, 0.6) is 0 Å². The minimum Gasteiger partial charge on any atom is -0.384 e. The number of aromatic nitrogens is 16. The van der Waals surface area contributed by atoms with Crippen LogP contribution in [0.25, 0.3) is 90.8 Å². The number of nitrogens with zero attached hydrogens (tertiary/aromatic N) is 16. The molecule has 0 saturated heterocycles. The van der Waals surface area contributed by atoms with Crippen molar-refractivity contribution in [1.29, 1.82) is 0 Å². The SMILES string of the molecule is Cn1c(-c2ccc(F)c(F)c2)nc(-c2ccc(C(C)(C)O)nc2)c1Sc1ccc(Cl)cc1.Cn1c(-c2ccc(F)c(F)n2)nc(-c2ccc(C(C)(C)O)nc2)c1Sc1ccc(Cl)cc1F.Cn1c(-c2ccc(F)cc2)nc(-c2ccc(C(C)(C)O)nc2)c1Sc1ccc(Cl)cc1F.Cn1c(-c2ccc(F)cn2)nc(-c2ccc(C(C)(C)O)nc2)c1Sc1ncc(Cl)cn1. The van der Waals surface area contributed by atoms with Crippen molar-refractivity contribution in [1.82, 2.24) is 78.1 Å². The maximum atomic E-state index is 14.5. The Bertz CT molecular complexity index is 6680. The molecule has 0 fully saturated rings. The van der Waals surface area contributed by atoms with E-state index in [0.717, 1.165) is 67.8 Å². The van der Waals surface area contributed by atoms with Gasteiger partial charge in [0.25, 0.3) is 0 Å². The lowest BCUT2D eigenvalue weighted by Crippen LogP contribution is -2.17. The van der Waals surface area contributed by atoms with Crippen molar-refractivity contribution < 1.29 is 55.5 Å². The van der Waals surface area contributed by atoms with Gasteiger partial charge in [-0.15, -0.1) is 0 Å². The van der Waals surface area contributed by atoms with E-state index in [2.05, 4.69) is 44.9 Å². The monoisotopic (exact) mass is 1890 g/mol. The predicted octanol–water partition coefficient (Wildman–Crippen LogP) is 23.4.